The van der Waals surface area contributed by atoms with Gasteiger partial charge in [-0.15, -0.1) is 0 Å². The van der Waals surface area contributed by atoms with Crippen LogP contribution in [0.1, 0.15) is 47.6 Å². The Morgan fingerprint density at radius 1 is 1.21 bits per heavy atom. The maximum absolute atomic E-state index is 5.72. The van der Waals surface area contributed by atoms with Gasteiger partial charge >= 0.3 is 0 Å². The number of rotatable bonds is 5. The first-order chi connectivity index (χ1) is 9.15. The third kappa shape index (κ3) is 3.06. The van der Waals surface area contributed by atoms with E-state index in [2.05, 4.69) is 36.6 Å². The maximum atomic E-state index is 5.72. The molecule has 1 aromatic heterocycles. The van der Waals surface area contributed by atoms with Crippen LogP contribution in [0.3, 0.4) is 0 Å². The molecule has 1 aromatic carbocycles. The minimum absolute atomic E-state index is 0.0203. The van der Waals surface area contributed by atoms with E-state index in [1.165, 1.54) is 5.56 Å². The van der Waals surface area contributed by atoms with Crippen molar-refractivity contribution in [3.05, 3.63) is 58.5 Å². The molecule has 1 unspecified atom stereocenters. The fourth-order valence-corrected chi connectivity index (χ4v) is 2.47. The van der Waals surface area contributed by atoms with E-state index in [-0.39, 0.29) is 6.04 Å². The minimum atomic E-state index is -0.0203. The van der Waals surface area contributed by atoms with Crippen LogP contribution in [0, 0.1) is 13.8 Å². The highest BCUT2D eigenvalue weighted by Crippen LogP contribution is 2.27. The van der Waals surface area contributed by atoms with Gasteiger partial charge in [0.05, 0.1) is 6.04 Å². The number of hydrogen-bond donors (Lipinski definition) is 2. The number of hydrogen-bond acceptors (Lipinski definition) is 3. The highest BCUT2D eigenvalue weighted by Gasteiger charge is 2.17. The van der Waals surface area contributed by atoms with Crippen molar-refractivity contribution in [3.63, 3.8) is 0 Å². The average Bonchev–Trinajstić information content (AvgIpc) is 2.72. The van der Waals surface area contributed by atoms with Gasteiger partial charge in [0.2, 0.25) is 0 Å². The Balaban J connectivity index is 2.29. The molecule has 0 fully saturated rings. The van der Waals surface area contributed by atoms with Crippen LogP contribution in [0.5, 0.6) is 0 Å². The largest absolute Gasteiger partial charge is 0.466 e. The van der Waals surface area contributed by atoms with Crippen molar-refractivity contribution in [1.29, 1.82) is 0 Å². The van der Waals surface area contributed by atoms with Gasteiger partial charge in [0.15, 0.2) is 0 Å². The number of aryl methyl sites for hydroxylation is 3. The summed E-state index contributed by atoms with van der Waals surface area (Å²) < 4.78 is 5.59. The van der Waals surface area contributed by atoms with Crippen molar-refractivity contribution in [2.45, 2.75) is 39.7 Å². The third-order valence-corrected chi connectivity index (χ3v) is 3.41. The summed E-state index contributed by atoms with van der Waals surface area (Å²) in [5.41, 5.74) is 6.50. The van der Waals surface area contributed by atoms with Crippen molar-refractivity contribution >= 4 is 0 Å². The van der Waals surface area contributed by atoms with Crippen LogP contribution >= 0.6 is 0 Å². The first-order valence-corrected chi connectivity index (χ1v) is 6.77. The predicted octanol–water partition coefficient (Wildman–Crippen LogP) is 3.40. The summed E-state index contributed by atoms with van der Waals surface area (Å²) in [6.07, 6.45) is 2.28. The van der Waals surface area contributed by atoms with Crippen molar-refractivity contribution in [1.82, 2.24) is 5.43 Å². The van der Waals surface area contributed by atoms with Gasteiger partial charge in [-0.1, -0.05) is 37.6 Å². The Morgan fingerprint density at radius 3 is 2.37 bits per heavy atom. The Kier molecular flexibility index (Phi) is 4.40. The van der Waals surface area contributed by atoms with Gasteiger partial charge in [0, 0.05) is 5.56 Å². The van der Waals surface area contributed by atoms with E-state index >= 15 is 0 Å². The van der Waals surface area contributed by atoms with Gasteiger partial charge in [-0.2, -0.15) is 0 Å². The van der Waals surface area contributed by atoms with Crippen LogP contribution in [0.2, 0.25) is 0 Å². The average molecular weight is 258 g/mol. The van der Waals surface area contributed by atoms with E-state index < -0.39 is 0 Å². The minimum Gasteiger partial charge on any atom is -0.466 e. The van der Waals surface area contributed by atoms with Crippen molar-refractivity contribution in [3.8, 4) is 0 Å². The van der Waals surface area contributed by atoms with Crippen molar-refractivity contribution in [2.75, 3.05) is 0 Å². The molecule has 0 saturated carbocycles. The zero-order valence-electron chi connectivity index (χ0n) is 11.9. The highest BCUT2D eigenvalue weighted by atomic mass is 16.3. The standard InChI is InChI=1S/C16H22N2O/c1-4-5-13-6-8-14(9-7-13)16(18-17)15-10-11(2)19-12(15)3/h6-10,16,18H,4-5,17H2,1-3H3. The zero-order valence-corrected chi connectivity index (χ0v) is 11.9. The normalized spacial score (nSPS) is 12.6. The van der Waals surface area contributed by atoms with Crippen LogP contribution < -0.4 is 11.3 Å². The second-order valence-electron chi connectivity index (χ2n) is 4.96. The lowest BCUT2D eigenvalue weighted by molar-refractivity contribution is 0.495. The Bertz CT molecular complexity index is 528. The summed E-state index contributed by atoms with van der Waals surface area (Å²) in [4.78, 5) is 0. The Hall–Kier alpha value is -1.58. The first-order valence-electron chi connectivity index (χ1n) is 6.77. The predicted molar refractivity (Wildman–Crippen MR) is 77.8 cm³/mol. The van der Waals surface area contributed by atoms with Gasteiger partial charge in [-0.3, -0.25) is 5.84 Å². The van der Waals surface area contributed by atoms with Gasteiger partial charge < -0.3 is 4.42 Å². The topological polar surface area (TPSA) is 51.2 Å². The zero-order chi connectivity index (χ0) is 13.8. The lowest BCUT2D eigenvalue weighted by Gasteiger charge is -2.16. The number of hydrazine groups is 1. The molecule has 0 spiro atoms. The molecule has 1 atom stereocenters. The molecule has 0 amide bonds. The molecule has 1 heterocycles. The molecule has 2 aromatic rings. The quantitative estimate of drug-likeness (QED) is 0.638. The Morgan fingerprint density at radius 2 is 1.89 bits per heavy atom. The molecule has 0 aliphatic carbocycles. The maximum Gasteiger partial charge on any atom is 0.106 e. The summed E-state index contributed by atoms with van der Waals surface area (Å²) >= 11 is 0. The summed E-state index contributed by atoms with van der Waals surface area (Å²) in [6, 6.07) is 10.6. The highest BCUT2D eigenvalue weighted by molar-refractivity contribution is 5.35. The Labute approximate surface area is 114 Å². The molecule has 0 aliphatic rings. The second-order valence-corrected chi connectivity index (χ2v) is 4.96. The van der Waals surface area contributed by atoms with Gasteiger partial charge in [0.1, 0.15) is 11.5 Å². The number of furan rings is 1. The van der Waals surface area contributed by atoms with Crippen LogP contribution in [-0.4, -0.2) is 0 Å². The number of nitrogens with two attached hydrogens (primary N) is 1. The molecule has 102 valence electrons. The fraction of sp³-hybridized carbons (Fsp3) is 0.375. The van der Waals surface area contributed by atoms with Crippen LogP contribution in [0.4, 0.5) is 0 Å². The summed E-state index contributed by atoms with van der Waals surface area (Å²) in [6.45, 7) is 6.11. The third-order valence-electron chi connectivity index (χ3n) is 3.41. The number of nitrogens with one attached hydrogen (secondary N) is 1. The van der Waals surface area contributed by atoms with E-state index in [1.807, 2.05) is 19.9 Å². The molecule has 0 aliphatic heterocycles. The first kappa shape index (κ1) is 13.8. The van der Waals surface area contributed by atoms with E-state index in [9.17, 15) is 0 Å². The van der Waals surface area contributed by atoms with E-state index in [1.54, 1.807) is 0 Å². The van der Waals surface area contributed by atoms with Crippen LogP contribution in [-0.2, 0) is 6.42 Å². The molecule has 0 bridgehead atoms. The molecule has 19 heavy (non-hydrogen) atoms. The van der Waals surface area contributed by atoms with E-state index in [0.717, 1.165) is 35.5 Å². The van der Waals surface area contributed by atoms with Gasteiger partial charge in [-0.25, -0.2) is 5.43 Å². The smallest absolute Gasteiger partial charge is 0.106 e. The van der Waals surface area contributed by atoms with Crippen LogP contribution in [0.25, 0.3) is 0 Å². The molecule has 3 nitrogen and oxygen atoms in total. The monoisotopic (exact) mass is 258 g/mol. The van der Waals surface area contributed by atoms with Crippen molar-refractivity contribution < 1.29 is 4.42 Å². The molecule has 0 saturated heterocycles. The molecular formula is C16H22N2O. The molecule has 2 rings (SSSR count). The SMILES string of the molecule is CCCc1ccc(C(NN)c2cc(C)oc2C)cc1. The summed E-state index contributed by atoms with van der Waals surface area (Å²) in [5, 5.41) is 0. The molecule has 3 heteroatoms. The summed E-state index contributed by atoms with van der Waals surface area (Å²) in [5.74, 6) is 7.55. The molecular weight excluding hydrogens is 236 g/mol. The number of benzene rings is 1. The van der Waals surface area contributed by atoms with Gasteiger partial charge in [-0.05, 0) is 37.5 Å². The van der Waals surface area contributed by atoms with Gasteiger partial charge in [0.25, 0.3) is 0 Å². The lowest BCUT2D eigenvalue weighted by atomic mass is 9.97. The van der Waals surface area contributed by atoms with Crippen LogP contribution in [0.15, 0.2) is 34.7 Å². The molecule has 0 radical (unpaired) electrons. The second kappa shape index (κ2) is 6.04. The van der Waals surface area contributed by atoms with E-state index in [0.29, 0.717) is 0 Å². The van der Waals surface area contributed by atoms with Crippen molar-refractivity contribution in [2.24, 2.45) is 5.84 Å². The molecule has 3 N–H and O–H groups in total. The van der Waals surface area contributed by atoms with E-state index in [4.69, 9.17) is 10.3 Å². The fourth-order valence-electron chi connectivity index (χ4n) is 2.47. The summed E-state index contributed by atoms with van der Waals surface area (Å²) in [7, 11) is 0. The lowest BCUT2D eigenvalue weighted by Crippen LogP contribution is -2.29.